The van der Waals surface area contributed by atoms with Gasteiger partial charge in [0.05, 0.1) is 0 Å². The van der Waals surface area contributed by atoms with Crippen molar-refractivity contribution in [1.82, 2.24) is 9.80 Å². The molecule has 0 aromatic heterocycles. The average Bonchev–Trinajstić information content (AvgIpc) is 2.44. The van der Waals surface area contributed by atoms with Crippen molar-refractivity contribution < 1.29 is 9.59 Å². The number of carbonyl (C=O) groups is 2. The Balaban J connectivity index is 2.46. The highest BCUT2D eigenvalue weighted by Gasteiger charge is 2.27. The van der Waals surface area contributed by atoms with Gasteiger partial charge in [-0.05, 0) is 32.1 Å². The van der Waals surface area contributed by atoms with E-state index >= 15 is 0 Å². The van der Waals surface area contributed by atoms with Crippen LogP contribution in [0, 0.1) is 0 Å². The second-order valence-corrected chi connectivity index (χ2v) is 5.49. The second-order valence-electron chi connectivity index (χ2n) is 5.49. The van der Waals surface area contributed by atoms with Crippen molar-refractivity contribution in [2.24, 2.45) is 0 Å². The van der Waals surface area contributed by atoms with E-state index in [0.717, 1.165) is 45.2 Å². The van der Waals surface area contributed by atoms with Gasteiger partial charge in [0.1, 0.15) is 6.42 Å². The highest BCUT2D eigenvalue weighted by Crippen LogP contribution is 2.20. The fraction of sp³-hybridized carbons (Fsp3) is 0.867. The molecule has 4 nitrogen and oxygen atoms in total. The number of piperidine rings is 1. The molecule has 1 aliphatic heterocycles. The first-order chi connectivity index (χ1) is 9.10. The molecule has 19 heavy (non-hydrogen) atoms. The molecule has 1 fully saturated rings. The Morgan fingerprint density at radius 1 is 1.26 bits per heavy atom. The van der Waals surface area contributed by atoms with Crippen LogP contribution in [0.5, 0.6) is 0 Å². The molecule has 0 aliphatic carbocycles. The van der Waals surface area contributed by atoms with Gasteiger partial charge in [-0.1, -0.05) is 20.3 Å². The number of hydrogen-bond acceptors (Lipinski definition) is 2. The van der Waals surface area contributed by atoms with E-state index in [9.17, 15) is 9.59 Å². The van der Waals surface area contributed by atoms with E-state index in [4.69, 9.17) is 0 Å². The quantitative estimate of drug-likeness (QED) is 0.694. The van der Waals surface area contributed by atoms with Gasteiger partial charge in [-0.15, -0.1) is 0 Å². The Morgan fingerprint density at radius 2 is 2.00 bits per heavy atom. The lowest BCUT2D eigenvalue weighted by Gasteiger charge is -2.35. The number of amides is 2. The summed E-state index contributed by atoms with van der Waals surface area (Å²) in [4.78, 5) is 27.8. The molecule has 0 radical (unpaired) electrons. The molecule has 4 heteroatoms. The van der Waals surface area contributed by atoms with Crippen LogP contribution < -0.4 is 0 Å². The average molecular weight is 268 g/mol. The number of likely N-dealkylation sites (tertiary alicyclic amines) is 1. The van der Waals surface area contributed by atoms with E-state index in [2.05, 4.69) is 13.8 Å². The number of hydrogen-bond donors (Lipinski definition) is 0. The van der Waals surface area contributed by atoms with E-state index in [1.165, 1.54) is 6.42 Å². The van der Waals surface area contributed by atoms with Crippen LogP contribution >= 0.6 is 0 Å². The molecule has 110 valence electrons. The molecule has 1 aliphatic rings. The maximum absolute atomic E-state index is 12.2. The van der Waals surface area contributed by atoms with Crippen LogP contribution in [0.2, 0.25) is 0 Å². The third-order valence-electron chi connectivity index (χ3n) is 3.99. The Morgan fingerprint density at radius 3 is 2.63 bits per heavy atom. The summed E-state index contributed by atoms with van der Waals surface area (Å²) in [5.74, 6) is -0.0289. The zero-order valence-electron chi connectivity index (χ0n) is 12.7. The minimum atomic E-state index is -0.0427. The molecule has 0 spiro atoms. The highest BCUT2D eigenvalue weighted by molar-refractivity contribution is 5.96. The van der Waals surface area contributed by atoms with E-state index in [-0.39, 0.29) is 18.2 Å². The van der Waals surface area contributed by atoms with Crippen molar-refractivity contribution in [3.05, 3.63) is 0 Å². The lowest BCUT2D eigenvalue weighted by Crippen LogP contribution is -2.45. The topological polar surface area (TPSA) is 40.6 Å². The van der Waals surface area contributed by atoms with Gasteiger partial charge in [-0.25, -0.2) is 0 Å². The van der Waals surface area contributed by atoms with Crippen LogP contribution in [0.25, 0.3) is 0 Å². The van der Waals surface area contributed by atoms with Gasteiger partial charge in [0, 0.05) is 26.2 Å². The summed E-state index contributed by atoms with van der Waals surface area (Å²) in [6.07, 6.45) is 6.45. The van der Waals surface area contributed by atoms with Gasteiger partial charge in [-0.2, -0.15) is 0 Å². The molecular weight excluding hydrogens is 240 g/mol. The van der Waals surface area contributed by atoms with Crippen LogP contribution in [-0.4, -0.2) is 47.8 Å². The fourth-order valence-corrected chi connectivity index (χ4v) is 2.64. The van der Waals surface area contributed by atoms with Crippen LogP contribution in [-0.2, 0) is 9.59 Å². The first kappa shape index (κ1) is 16.0. The van der Waals surface area contributed by atoms with E-state index < -0.39 is 0 Å². The summed E-state index contributed by atoms with van der Waals surface area (Å²) in [7, 11) is 1.79. The molecule has 1 saturated heterocycles. The van der Waals surface area contributed by atoms with E-state index in [1.54, 1.807) is 11.9 Å². The lowest BCUT2D eigenvalue weighted by atomic mass is 9.99. The highest BCUT2D eigenvalue weighted by atomic mass is 16.2. The van der Waals surface area contributed by atoms with E-state index in [1.807, 2.05) is 4.90 Å². The normalized spacial score (nSPS) is 19.3. The number of rotatable bonds is 6. The van der Waals surface area contributed by atoms with Crippen LogP contribution in [0.3, 0.4) is 0 Å². The fourth-order valence-electron chi connectivity index (χ4n) is 2.64. The predicted molar refractivity (Wildman–Crippen MR) is 76.8 cm³/mol. The summed E-state index contributed by atoms with van der Waals surface area (Å²) in [5, 5.41) is 0. The molecular formula is C15H28N2O2. The van der Waals surface area contributed by atoms with Gasteiger partial charge >= 0.3 is 0 Å². The zero-order valence-corrected chi connectivity index (χ0v) is 12.7. The van der Waals surface area contributed by atoms with Crippen molar-refractivity contribution >= 4 is 11.8 Å². The maximum atomic E-state index is 12.2. The third kappa shape index (κ3) is 4.84. The van der Waals surface area contributed by atoms with Crippen molar-refractivity contribution in [1.29, 1.82) is 0 Å². The standard InChI is InChI=1S/C15H28N2O2/c1-4-6-10-16(3)14(18)12-15(19)17-11-8-7-9-13(17)5-2/h13H,4-12H2,1-3H3. The van der Waals surface area contributed by atoms with E-state index in [0.29, 0.717) is 6.04 Å². The molecule has 1 atom stereocenters. The molecule has 0 saturated carbocycles. The minimum Gasteiger partial charge on any atom is -0.345 e. The van der Waals surface area contributed by atoms with Crippen LogP contribution in [0.1, 0.15) is 58.8 Å². The van der Waals surface area contributed by atoms with Gasteiger partial charge in [-0.3, -0.25) is 9.59 Å². The first-order valence-electron chi connectivity index (χ1n) is 7.63. The van der Waals surface area contributed by atoms with Gasteiger partial charge in [0.25, 0.3) is 0 Å². The molecule has 0 bridgehead atoms. The first-order valence-corrected chi connectivity index (χ1v) is 7.63. The monoisotopic (exact) mass is 268 g/mol. The zero-order chi connectivity index (χ0) is 14.3. The molecule has 2 amide bonds. The Hall–Kier alpha value is -1.06. The minimum absolute atomic E-state index is 0.0138. The smallest absolute Gasteiger partial charge is 0.232 e. The Kier molecular flexibility index (Phi) is 6.89. The van der Waals surface area contributed by atoms with Crippen molar-refractivity contribution in [3.8, 4) is 0 Å². The van der Waals surface area contributed by atoms with Crippen molar-refractivity contribution in [3.63, 3.8) is 0 Å². The Bertz CT molecular complexity index is 305. The van der Waals surface area contributed by atoms with Crippen molar-refractivity contribution in [2.75, 3.05) is 20.1 Å². The Labute approximate surface area is 117 Å². The summed E-state index contributed by atoms with van der Waals surface area (Å²) >= 11 is 0. The van der Waals surface area contributed by atoms with Gasteiger partial charge < -0.3 is 9.80 Å². The number of carbonyl (C=O) groups excluding carboxylic acids is 2. The molecule has 1 rings (SSSR count). The molecule has 0 N–H and O–H groups in total. The SMILES string of the molecule is CCCCN(C)C(=O)CC(=O)N1CCCCC1CC. The van der Waals surface area contributed by atoms with Gasteiger partial charge in [0.2, 0.25) is 11.8 Å². The second kappa shape index (κ2) is 8.18. The molecule has 1 heterocycles. The summed E-state index contributed by atoms with van der Waals surface area (Å²) in [5.41, 5.74) is 0. The largest absolute Gasteiger partial charge is 0.345 e. The molecule has 0 aromatic rings. The predicted octanol–water partition coefficient (Wildman–Crippen LogP) is 2.43. The van der Waals surface area contributed by atoms with Crippen LogP contribution in [0.4, 0.5) is 0 Å². The molecule has 1 unspecified atom stereocenters. The number of unbranched alkanes of at least 4 members (excludes halogenated alkanes) is 1. The lowest BCUT2D eigenvalue weighted by molar-refractivity contribution is -0.142. The number of nitrogens with zero attached hydrogens (tertiary/aromatic N) is 2. The summed E-state index contributed by atoms with van der Waals surface area (Å²) in [6.45, 7) is 5.79. The third-order valence-corrected chi connectivity index (χ3v) is 3.99. The summed E-state index contributed by atoms with van der Waals surface area (Å²) < 4.78 is 0. The van der Waals surface area contributed by atoms with Gasteiger partial charge in [0.15, 0.2) is 0 Å². The maximum Gasteiger partial charge on any atom is 0.232 e. The summed E-state index contributed by atoms with van der Waals surface area (Å²) in [6, 6.07) is 0.343. The van der Waals surface area contributed by atoms with Crippen molar-refractivity contribution in [2.45, 2.75) is 64.8 Å². The molecule has 0 aromatic carbocycles. The van der Waals surface area contributed by atoms with Crippen LogP contribution in [0.15, 0.2) is 0 Å².